The van der Waals surface area contributed by atoms with E-state index in [1.807, 2.05) is 36.4 Å². The topological polar surface area (TPSA) is 67.6 Å². The molecule has 1 atom stereocenters. The molecule has 0 radical (unpaired) electrons. The van der Waals surface area contributed by atoms with E-state index in [4.69, 9.17) is 4.74 Å². The number of alkyl halides is 2. The maximum Gasteiger partial charge on any atom is 0.280 e. The molecule has 4 aromatic rings. The number of rotatable bonds is 4. The molecule has 1 N–H and O–H groups in total. The van der Waals surface area contributed by atoms with Crippen molar-refractivity contribution in [2.24, 2.45) is 0 Å². The lowest BCUT2D eigenvalue weighted by molar-refractivity contribution is -0.0675. The normalized spacial score (nSPS) is 19.0. The molecule has 160 valence electrons. The average molecular weight is 424 g/mol. The van der Waals surface area contributed by atoms with Gasteiger partial charge in [-0.1, -0.05) is 12.1 Å². The summed E-state index contributed by atoms with van der Waals surface area (Å²) in [6.45, 7) is 0.283. The van der Waals surface area contributed by atoms with Crippen molar-refractivity contribution in [1.82, 2.24) is 24.5 Å². The molecular weight excluding hydrogens is 402 g/mol. The van der Waals surface area contributed by atoms with Gasteiger partial charge in [-0.3, -0.25) is 4.98 Å². The molecule has 0 saturated carbocycles. The van der Waals surface area contributed by atoms with E-state index in [1.165, 1.54) is 7.11 Å². The first kappa shape index (κ1) is 19.6. The van der Waals surface area contributed by atoms with Crippen LogP contribution in [-0.2, 0) is 0 Å². The van der Waals surface area contributed by atoms with Gasteiger partial charge in [-0.25, -0.2) is 13.3 Å². The van der Waals surface area contributed by atoms with Gasteiger partial charge in [-0.05, 0) is 43.3 Å². The van der Waals surface area contributed by atoms with E-state index in [0.717, 1.165) is 22.0 Å². The molecule has 31 heavy (non-hydrogen) atoms. The molecule has 0 bridgehead atoms. The summed E-state index contributed by atoms with van der Waals surface area (Å²) in [6.07, 6.45) is 3.84. The number of aromatic nitrogens is 4. The second-order valence-electron chi connectivity index (χ2n) is 7.86. The molecule has 1 aromatic carbocycles. The smallest absolute Gasteiger partial charge is 0.280 e. The third kappa shape index (κ3) is 3.54. The molecule has 1 saturated heterocycles. The van der Waals surface area contributed by atoms with Gasteiger partial charge in [-0.2, -0.15) is 4.98 Å². The van der Waals surface area contributed by atoms with Gasteiger partial charge in [-0.15, -0.1) is 5.10 Å². The monoisotopic (exact) mass is 424 g/mol. The predicted molar refractivity (Wildman–Crippen MR) is 115 cm³/mol. The number of hydrogen-bond donors (Lipinski definition) is 1. The quantitative estimate of drug-likeness (QED) is 0.539. The summed E-state index contributed by atoms with van der Waals surface area (Å²) in [5, 5.41) is 8.27. The van der Waals surface area contributed by atoms with Gasteiger partial charge in [0, 0.05) is 29.9 Å². The fraction of sp³-hybridized carbons (Fsp3) is 0.318. The van der Waals surface area contributed by atoms with Crippen LogP contribution in [0.3, 0.4) is 0 Å². The highest BCUT2D eigenvalue weighted by molar-refractivity contribution is 5.90. The fourth-order valence-electron chi connectivity index (χ4n) is 4.12. The molecule has 1 aliphatic heterocycles. The number of benzene rings is 1. The molecule has 0 amide bonds. The molecular formula is C22H22F2N6O. The first-order valence-electron chi connectivity index (χ1n) is 10.1. The van der Waals surface area contributed by atoms with Crippen molar-refractivity contribution in [3.63, 3.8) is 0 Å². The zero-order chi connectivity index (χ0) is 21.6. The Balaban J connectivity index is 1.53. The van der Waals surface area contributed by atoms with Gasteiger partial charge >= 0.3 is 0 Å². The van der Waals surface area contributed by atoms with Crippen LogP contribution in [-0.4, -0.2) is 63.7 Å². The Labute approximate surface area is 177 Å². The first-order chi connectivity index (χ1) is 14.9. The summed E-state index contributed by atoms with van der Waals surface area (Å²) in [7, 11) is 3.21. The van der Waals surface area contributed by atoms with Gasteiger partial charge in [0.1, 0.15) is 5.52 Å². The van der Waals surface area contributed by atoms with Crippen LogP contribution in [0.5, 0.6) is 5.88 Å². The Morgan fingerprint density at radius 1 is 1.23 bits per heavy atom. The molecule has 5 rings (SSSR count). The van der Waals surface area contributed by atoms with Crippen molar-refractivity contribution in [3.8, 4) is 17.0 Å². The molecule has 7 nitrogen and oxygen atoms in total. The van der Waals surface area contributed by atoms with E-state index in [-0.39, 0.29) is 12.5 Å². The van der Waals surface area contributed by atoms with Crippen molar-refractivity contribution in [3.05, 3.63) is 48.8 Å². The minimum atomic E-state index is -2.88. The summed E-state index contributed by atoms with van der Waals surface area (Å²) in [5.41, 5.74) is 3.43. The van der Waals surface area contributed by atoms with E-state index in [2.05, 4.69) is 20.4 Å². The molecule has 4 heterocycles. The van der Waals surface area contributed by atoms with Crippen molar-refractivity contribution >= 4 is 22.4 Å². The zero-order valence-electron chi connectivity index (χ0n) is 17.2. The number of pyridine rings is 1. The fourth-order valence-corrected chi connectivity index (χ4v) is 4.12. The Hall–Kier alpha value is -3.33. The van der Waals surface area contributed by atoms with E-state index in [1.54, 1.807) is 28.9 Å². The molecule has 0 unspecified atom stereocenters. The second-order valence-corrected chi connectivity index (χ2v) is 7.86. The van der Waals surface area contributed by atoms with Crippen LogP contribution in [0.1, 0.15) is 6.42 Å². The van der Waals surface area contributed by atoms with Crippen LogP contribution in [0.4, 0.5) is 14.7 Å². The van der Waals surface area contributed by atoms with Crippen LogP contribution in [0, 0.1) is 0 Å². The molecule has 1 aliphatic rings. The van der Waals surface area contributed by atoms with Crippen LogP contribution >= 0.6 is 0 Å². The van der Waals surface area contributed by atoms with Crippen molar-refractivity contribution in [1.29, 1.82) is 0 Å². The lowest BCUT2D eigenvalue weighted by Crippen LogP contribution is -2.53. The molecule has 1 fully saturated rings. The average Bonchev–Trinajstić information content (AvgIpc) is 3.18. The van der Waals surface area contributed by atoms with Crippen LogP contribution in [0.15, 0.2) is 48.8 Å². The number of nitrogens with zero attached hydrogens (tertiary/aromatic N) is 5. The van der Waals surface area contributed by atoms with Crippen molar-refractivity contribution < 1.29 is 13.5 Å². The predicted octanol–water partition coefficient (Wildman–Crippen LogP) is 3.70. The Bertz CT molecular complexity index is 1260. The van der Waals surface area contributed by atoms with E-state index in [9.17, 15) is 8.78 Å². The number of nitrogens with one attached hydrogen (secondary N) is 1. The van der Waals surface area contributed by atoms with Gasteiger partial charge in [0.25, 0.3) is 5.92 Å². The number of fused-ring (bicyclic) bond motifs is 2. The van der Waals surface area contributed by atoms with Crippen molar-refractivity contribution in [2.75, 3.05) is 32.6 Å². The molecule has 9 heteroatoms. The lowest BCUT2D eigenvalue weighted by Gasteiger charge is -2.36. The van der Waals surface area contributed by atoms with E-state index in [0.29, 0.717) is 24.4 Å². The summed E-state index contributed by atoms with van der Waals surface area (Å²) in [4.78, 5) is 10.4. The summed E-state index contributed by atoms with van der Waals surface area (Å²) in [5.74, 6) is -2.44. The van der Waals surface area contributed by atoms with Crippen LogP contribution in [0.2, 0.25) is 0 Å². The van der Waals surface area contributed by atoms with Gasteiger partial charge in [0.05, 0.1) is 25.2 Å². The largest absolute Gasteiger partial charge is 0.479 e. The number of likely N-dealkylation sites (tertiary alicyclic amines) is 1. The summed E-state index contributed by atoms with van der Waals surface area (Å²) in [6, 6.07) is 10.8. The molecule has 0 spiro atoms. The number of halogens is 2. The number of piperidine rings is 1. The number of hydrogen-bond acceptors (Lipinski definition) is 6. The van der Waals surface area contributed by atoms with Gasteiger partial charge in [0.2, 0.25) is 11.8 Å². The lowest BCUT2D eigenvalue weighted by atomic mass is 10.0. The Morgan fingerprint density at radius 3 is 2.90 bits per heavy atom. The number of anilines is 1. The Morgan fingerprint density at radius 2 is 2.10 bits per heavy atom. The minimum absolute atomic E-state index is 0.114. The summed E-state index contributed by atoms with van der Waals surface area (Å²) < 4.78 is 36.0. The minimum Gasteiger partial charge on any atom is -0.479 e. The standard InChI is InChI=1S/C22H22F2N6O/c1-29-10-8-18(22(23,24)13-29)26-21-27-20(31-2)19-16(7-11-30(19)28-21)14-5-6-17-15(12-14)4-3-9-25-17/h3-7,9,11-12,18H,8,10,13H2,1-2H3,(H,26,28)/t18-/m0/s1. The molecule has 0 aliphatic carbocycles. The maximum absolute atomic E-state index is 14.5. The highest BCUT2D eigenvalue weighted by Crippen LogP contribution is 2.34. The third-order valence-corrected chi connectivity index (χ3v) is 5.68. The number of ether oxygens (including phenoxy) is 1. The van der Waals surface area contributed by atoms with E-state index < -0.39 is 12.0 Å². The maximum atomic E-state index is 14.5. The van der Waals surface area contributed by atoms with E-state index >= 15 is 0 Å². The first-order valence-corrected chi connectivity index (χ1v) is 10.1. The van der Waals surface area contributed by atoms with Crippen molar-refractivity contribution in [2.45, 2.75) is 18.4 Å². The molecule has 3 aromatic heterocycles. The highest BCUT2D eigenvalue weighted by atomic mass is 19.3. The van der Waals surface area contributed by atoms with Crippen LogP contribution < -0.4 is 10.1 Å². The zero-order valence-corrected chi connectivity index (χ0v) is 17.2. The second kappa shape index (κ2) is 7.42. The van der Waals surface area contributed by atoms with Gasteiger partial charge < -0.3 is 15.0 Å². The highest BCUT2D eigenvalue weighted by Gasteiger charge is 2.44. The van der Waals surface area contributed by atoms with Gasteiger partial charge in [0.15, 0.2) is 0 Å². The number of methoxy groups -OCH3 is 1. The Kier molecular flexibility index (Phi) is 4.70. The van der Waals surface area contributed by atoms with Crippen LogP contribution in [0.25, 0.3) is 27.5 Å². The third-order valence-electron chi connectivity index (χ3n) is 5.68. The summed E-state index contributed by atoms with van der Waals surface area (Å²) >= 11 is 0. The SMILES string of the molecule is COc1nc(N[C@H]2CCN(C)CC2(F)F)nn2ccc(-c3ccc4ncccc4c3)c12.